The van der Waals surface area contributed by atoms with E-state index in [4.69, 9.17) is 10.8 Å². The van der Waals surface area contributed by atoms with E-state index in [2.05, 4.69) is 0 Å². The minimum Gasteiger partial charge on any atom is -0.481 e. The van der Waals surface area contributed by atoms with E-state index in [1.54, 1.807) is 0 Å². The number of likely N-dealkylation sites (tertiary alicyclic amines) is 1. The van der Waals surface area contributed by atoms with Gasteiger partial charge in [-0.15, -0.1) is 0 Å². The van der Waals surface area contributed by atoms with Gasteiger partial charge in [-0.3, -0.25) is 9.59 Å². The quantitative estimate of drug-likeness (QED) is 0.766. The first-order chi connectivity index (χ1) is 8.45. The maximum absolute atomic E-state index is 12.0. The first-order valence-corrected chi connectivity index (χ1v) is 6.66. The summed E-state index contributed by atoms with van der Waals surface area (Å²) in [4.78, 5) is 24.6. The van der Waals surface area contributed by atoms with Gasteiger partial charge in [-0.1, -0.05) is 13.8 Å². The topological polar surface area (TPSA) is 83.6 Å². The van der Waals surface area contributed by atoms with Crippen molar-refractivity contribution >= 4 is 11.9 Å². The average molecular weight is 256 g/mol. The molecule has 1 fully saturated rings. The number of amides is 1. The van der Waals surface area contributed by atoms with Gasteiger partial charge in [-0.05, 0) is 24.7 Å². The molecule has 1 saturated heterocycles. The van der Waals surface area contributed by atoms with E-state index in [0.717, 1.165) is 19.4 Å². The molecule has 1 aliphatic heterocycles. The van der Waals surface area contributed by atoms with Gasteiger partial charge in [-0.25, -0.2) is 0 Å². The molecule has 3 unspecified atom stereocenters. The van der Waals surface area contributed by atoms with Gasteiger partial charge in [0.1, 0.15) is 0 Å². The van der Waals surface area contributed by atoms with E-state index >= 15 is 0 Å². The molecule has 5 heteroatoms. The SMILES string of the molecule is CC(CN)C(=O)N1CCCC(C(C)CC(=O)O)C1. The first kappa shape index (κ1) is 15.0. The van der Waals surface area contributed by atoms with Crippen LogP contribution in [0.3, 0.4) is 0 Å². The Morgan fingerprint density at radius 2 is 2.11 bits per heavy atom. The van der Waals surface area contributed by atoms with Crippen LogP contribution in [-0.2, 0) is 9.59 Å². The summed E-state index contributed by atoms with van der Waals surface area (Å²) in [5.74, 6) is -0.389. The summed E-state index contributed by atoms with van der Waals surface area (Å²) in [5, 5.41) is 8.82. The van der Waals surface area contributed by atoms with Crippen molar-refractivity contribution in [2.24, 2.45) is 23.5 Å². The van der Waals surface area contributed by atoms with Crippen molar-refractivity contribution in [2.75, 3.05) is 19.6 Å². The molecule has 1 rings (SSSR count). The lowest BCUT2D eigenvalue weighted by Gasteiger charge is -2.36. The second kappa shape index (κ2) is 6.73. The Balaban J connectivity index is 2.55. The summed E-state index contributed by atoms with van der Waals surface area (Å²) in [5.41, 5.74) is 5.51. The molecule has 1 aliphatic rings. The maximum Gasteiger partial charge on any atom is 0.303 e. The molecule has 0 radical (unpaired) electrons. The van der Waals surface area contributed by atoms with Crippen LogP contribution in [-0.4, -0.2) is 41.5 Å². The van der Waals surface area contributed by atoms with Crippen LogP contribution in [0.25, 0.3) is 0 Å². The number of carboxylic acids is 1. The molecule has 0 aromatic rings. The van der Waals surface area contributed by atoms with Crippen LogP contribution in [0.1, 0.15) is 33.1 Å². The van der Waals surface area contributed by atoms with E-state index in [0.29, 0.717) is 19.0 Å². The predicted octanol–water partition coefficient (Wildman–Crippen LogP) is 0.931. The monoisotopic (exact) mass is 256 g/mol. The molecular formula is C13H24N2O3. The maximum atomic E-state index is 12.0. The van der Waals surface area contributed by atoms with E-state index in [-0.39, 0.29) is 24.2 Å². The summed E-state index contributed by atoms with van der Waals surface area (Å²) >= 11 is 0. The summed E-state index contributed by atoms with van der Waals surface area (Å²) < 4.78 is 0. The second-order valence-electron chi connectivity index (χ2n) is 5.40. The molecule has 18 heavy (non-hydrogen) atoms. The smallest absolute Gasteiger partial charge is 0.303 e. The Morgan fingerprint density at radius 1 is 1.44 bits per heavy atom. The third kappa shape index (κ3) is 3.98. The van der Waals surface area contributed by atoms with Crippen LogP contribution in [0, 0.1) is 17.8 Å². The van der Waals surface area contributed by atoms with Crippen LogP contribution in [0.2, 0.25) is 0 Å². The Bertz CT molecular complexity index is 307. The van der Waals surface area contributed by atoms with Gasteiger partial charge in [-0.2, -0.15) is 0 Å². The number of nitrogens with two attached hydrogens (primary N) is 1. The van der Waals surface area contributed by atoms with Crippen LogP contribution in [0.15, 0.2) is 0 Å². The largest absolute Gasteiger partial charge is 0.481 e. The van der Waals surface area contributed by atoms with Crippen LogP contribution in [0.4, 0.5) is 0 Å². The van der Waals surface area contributed by atoms with Crippen molar-refractivity contribution in [1.29, 1.82) is 0 Å². The van der Waals surface area contributed by atoms with E-state index in [1.807, 2.05) is 18.7 Å². The number of carbonyl (C=O) groups excluding carboxylic acids is 1. The molecule has 5 nitrogen and oxygen atoms in total. The Labute approximate surface area is 108 Å². The molecule has 0 aromatic carbocycles. The molecule has 0 bridgehead atoms. The fourth-order valence-electron chi connectivity index (χ4n) is 2.53. The number of rotatable bonds is 5. The molecule has 3 atom stereocenters. The molecule has 104 valence electrons. The summed E-state index contributed by atoms with van der Waals surface area (Å²) in [6.45, 7) is 5.62. The third-order valence-corrected chi connectivity index (χ3v) is 3.85. The van der Waals surface area contributed by atoms with Crippen LogP contribution < -0.4 is 5.73 Å². The third-order valence-electron chi connectivity index (χ3n) is 3.85. The normalized spacial score (nSPS) is 23.5. The highest BCUT2D eigenvalue weighted by Gasteiger charge is 2.29. The highest BCUT2D eigenvalue weighted by molar-refractivity contribution is 5.78. The van der Waals surface area contributed by atoms with E-state index in [1.165, 1.54) is 0 Å². The van der Waals surface area contributed by atoms with Gasteiger partial charge >= 0.3 is 5.97 Å². The minimum atomic E-state index is -0.763. The zero-order valence-electron chi connectivity index (χ0n) is 11.3. The predicted molar refractivity (Wildman–Crippen MR) is 68.9 cm³/mol. The molecule has 0 spiro atoms. The standard InChI is InChI=1S/C13H24N2O3/c1-9(6-12(16)17)11-4-3-5-15(8-11)13(18)10(2)7-14/h9-11H,3-8,14H2,1-2H3,(H,16,17). The molecular weight excluding hydrogens is 232 g/mol. The molecule has 1 amide bonds. The number of aliphatic carboxylic acids is 1. The van der Waals surface area contributed by atoms with Gasteiger partial charge in [0.2, 0.25) is 5.91 Å². The Morgan fingerprint density at radius 3 is 2.67 bits per heavy atom. The van der Waals surface area contributed by atoms with Gasteiger partial charge in [0.15, 0.2) is 0 Å². The molecule has 1 heterocycles. The zero-order chi connectivity index (χ0) is 13.7. The number of hydrogen-bond donors (Lipinski definition) is 2. The summed E-state index contributed by atoms with van der Waals surface area (Å²) in [6.07, 6.45) is 2.14. The van der Waals surface area contributed by atoms with E-state index < -0.39 is 5.97 Å². The minimum absolute atomic E-state index is 0.102. The fourth-order valence-corrected chi connectivity index (χ4v) is 2.53. The van der Waals surface area contributed by atoms with Crippen molar-refractivity contribution in [3.05, 3.63) is 0 Å². The van der Waals surface area contributed by atoms with Gasteiger partial charge in [0, 0.05) is 32.0 Å². The number of carbonyl (C=O) groups is 2. The lowest BCUT2D eigenvalue weighted by molar-refractivity contribution is -0.139. The van der Waals surface area contributed by atoms with Crippen molar-refractivity contribution in [3.63, 3.8) is 0 Å². The highest BCUT2D eigenvalue weighted by atomic mass is 16.4. The fraction of sp³-hybridized carbons (Fsp3) is 0.846. The number of hydrogen-bond acceptors (Lipinski definition) is 3. The van der Waals surface area contributed by atoms with E-state index in [9.17, 15) is 9.59 Å². The number of nitrogens with zero attached hydrogens (tertiary/aromatic N) is 1. The Hall–Kier alpha value is -1.10. The first-order valence-electron chi connectivity index (χ1n) is 6.66. The molecule has 3 N–H and O–H groups in total. The highest BCUT2D eigenvalue weighted by Crippen LogP contribution is 2.26. The van der Waals surface area contributed by atoms with Gasteiger partial charge < -0.3 is 15.7 Å². The Kier molecular flexibility index (Phi) is 5.59. The molecule has 0 saturated carbocycles. The number of piperidine rings is 1. The van der Waals surface area contributed by atoms with Crippen molar-refractivity contribution in [3.8, 4) is 0 Å². The van der Waals surface area contributed by atoms with Crippen LogP contribution >= 0.6 is 0 Å². The summed E-state index contributed by atoms with van der Waals surface area (Å²) in [7, 11) is 0. The van der Waals surface area contributed by atoms with Crippen LogP contribution in [0.5, 0.6) is 0 Å². The lowest BCUT2D eigenvalue weighted by Crippen LogP contribution is -2.45. The van der Waals surface area contributed by atoms with Crippen molar-refractivity contribution < 1.29 is 14.7 Å². The molecule has 0 aliphatic carbocycles. The van der Waals surface area contributed by atoms with Crippen molar-refractivity contribution in [1.82, 2.24) is 4.90 Å². The average Bonchev–Trinajstić information content (AvgIpc) is 2.36. The molecule has 0 aromatic heterocycles. The van der Waals surface area contributed by atoms with Gasteiger partial charge in [0.25, 0.3) is 0 Å². The van der Waals surface area contributed by atoms with Crippen molar-refractivity contribution in [2.45, 2.75) is 33.1 Å². The lowest BCUT2D eigenvalue weighted by atomic mass is 9.84. The summed E-state index contributed by atoms with van der Waals surface area (Å²) in [6, 6.07) is 0. The van der Waals surface area contributed by atoms with Gasteiger partial charge in [0.05, 0.1) is 0 Å². The number of carboxylic acid groups (broad SMARTS) is 1. The second-order valence-corrected chi connectivity index (χ2v) is 5.40. The zero-order valence-corrected chi connectivity index (χ0v) is 11.3.